The average Bonchev–Trinajstić information content (AvgIpc) is 2.40. The van der Waals surface area contributed by atoms with Crippen LogP contribution in [0.1, 0.15) is 0 Å². The first kappa shape index (κ1) is 13.8. The summed E-state index contributed by atoms with van der Waals surface area (Å²) in [6.07, 6.45) is -4.69. The van der Waals surface area contributed by atoms with Gasteiger partial charge in [0, 0.05) is 4.90 Å². The summed E-state index contributed by atoms with van der Waals surface area (Å²) in [6, 6.07) is 9.29. The summed E-state index contributed by atoms with van der Waals surface area (Å²) in [6.45, 7) is -0.406. The van der Waals surface area contributed by atoms with Gasteiger partial charge in [0.25, 0.3) is 0 Å². The van der Waals surface area contributed by atoms with E-state index in [1.807, 2.05) is 30.3 Å². The summed E-state index contributed by atoms with van der Waals surface area (Å²) in [5.41, 5.74) is -0.719. The highest BCUT2D eigenvalue weighted by atomic mass is 32.2. The van der Waals surface area contributed by atoms with Crippen molar-refractivity contribution >= 4 is 11.8 Å². The van der Waals surface area contributed by atoms with Crippen molar-refractivity contribution in [1.82, 2.24) is 0 Å². The fourth-order valence-electron chi connectivity index (χ4n) is 1.80. The summed E-state index contributed by atoms with van der Waals surface area (Å²) < 4.78 is 5.39. The molecule has 0 saturated carbocycles. The molecule has 1 heterocycles. The smallest absolute Gasteiger partial charge is 0.136 e. The molecular weight excluding hydrogens is 256 g/mol. The maximum Gasteiger partial charge on any atom is 0.136 e. The lowest BCUT2D eigenvalue weighted by molar-refractivity contribution is -0.205. The van der Waals surface area contributed by atoms with Crippen LogP contribution in [-0.4, -0.2) is 56.9 Å². The van der Waals surface area contributed by atoms with E-state index in [0.717, 1.165) is 4.90 Å². The minimum atomic E-state index is -1.32. The lowest BCUT2D eigenvalue weighted by atomic mass is 10.0. The first-order valence-electron chi connectivity index (χ1n) is 5.65. The van der Waals surface area contributed by atoms with Crippen molar-refractivity contribution in [3.05, 3.63) is 30.3 Å². The highest BCUT2D eigenvalue weighted by Gasteiger charge is 2.43. The minimum Gasteiger partial charge on any atom is -0.394 e. The molecule has 2 rings (SSSR count). The van der Waals surface area contributed by atoms with Crippen LogP contribution in [0.25, 0.3) is 0 Å². The molecule has 5 atom stereocenters. The van der Waals surface area contributed by atoms with Gasteiger partial charge in [0.15, 0.2) is 0 Å². The van der Waals surface area contributed by atoms with E-state index in [-0.39, 0.29) is 0 Å². The molecule has 4 N–H and O–H groups in total. The molecule has 100 valence electrons. The average molecular weight is 272 g/mol. The van der Waals surface area contributed by atoms with Crippen molar-refractivity contribution in [3.8, 4) is 0 Å². The Morgan fingerprint density at radius 1 is 1.00 bits per heavy atom. The molecule has 5 nitrogen and oxygen atoms in total. The molecule has 6 heteroatoms. The van der Waals surface area contributed by atoms with E-state index in [9.17, 15) is 15.3 Å². The van der Waals surface area contributed by atoms with Gasteiger partial charge in [-0.1, -0.05) is 30.0 Å². The maximum atomic E-state index is 9.85. The molecule has 0 spiro atoms. The summed E-state index contributed by atoms with van der Waals surface area (Å²) >= 11 is 1.24. The van der Waals surface area contributed by atoms with Crippen molar-refractivity contribution in [2.75, 3.05) is 6.61 Å². The first-order valence-corrected chi connectivity index (χ1v) is 6.53. The van der Waals surface area contributed by atoms with Crippen molar-refractivity contribution < 1.29 is 25.2 Å². The first-order chi connectivity index (χ1) is 8.63. The second kappa shape index (κ2) is 6.01. The number of hydrogen-bond acceptors (Lipinski definition) is 6. The van der Waals surface area contributed by atoms with Crippen LogP contribution in [0, 0.1) is 0 Å². The van der Waals surface area contributed by atoms with Gasteiger partial charge in [-0.15, -0.1) is 0 Å². The van der Waals surface area contributed by atoms with Crippen LogP contribution in [0.2, 0.25) is 0 Å². The molecule has 0 unspecified atom stereocenters. The van der Waals surface area contributed by atoms with E-state index in [0.29, 0.717) is 0 Å². The number of ether oxygens (including phenoxy) is 1. The molecule has 1 fully saturated rings. The third-order valence-corrected chi connectivity index (χ3v) is 4.01. The van der Waals surface area contributed by atoms with Crippen LogP contribution in [0.3, 0.4) is 0 Å². The molecule has 0 bridgehead atoms. The van der Waals surface area contributed by atoms with Gasteiger partial charge in [0.1, 0.15) is 29.9 Å². The van der Waals surface area contributed by atoms with E-state index < -0.39 is 36.5 Å². The summed E-state index contributed by atoms with van der Waals surface area (Å²) in [7, 11) is 0. The van der Waals surface area contributed by atoms with E-state index in [1.165, 1.54) is 11.8 Å². The molecule has 18 heavy (non-hydrogen) atoms. The number of benzene rings is 1. The lowest BCUT2D eigenvalue weighted by Gasteiger charge is -2.39. The molecule has 0 radical (unpaired) electrons. The Hall–Kier alpha value is -0.630. The normalized spacial score (nSPS) is 36.6. The van der Waals surface area contributed by atoms with Crippen LogP contribution in [-0.2, 0) is 4.74 Å². The number of rotatable bonds is 3. The monoisotopic (exact) mass is 272 g/mol. The Kier molecular flexibility index (Phi) is 4.60. The Balaban J connectivity index is 2.08. The number of aliphatic hydroxyl groups is 4. The lowest BCUT2D eigenvalue weighted by Crippen LogP contribution is -2.57. The van der Waals surface area contributed by atoms with Crippen molar-refractivity contribution in [2.45, 2.75) is 34.7 Å². The van der Waals surface area contributed by atoms with Crippen molar-refractivity contribution in [3.63, 3.8) is 0 Å². The molecule has 0 aliphatic carbocycles. The molecule has 1 aromatic carbocycles. The minimum absolute atomic E-state index is 0.406. The zero-order valence-corrected chi connectivity index (χ0v) is 10.4. The van der Waals surface area contributed by atoms with Gasteiger partial charge in [-0.2, -0.15) is 0 Å². The summed E-state index contributed by atoms with van der Waals surface area (Å²) in [5, 5.41) is 38.2. The highest BCUT2D eigenvalue weighted by Crippen LogP contribution is 2.32. The molecule has 1 aromatic rings. The fraction of sp³-hybridized carbons (Fsp3) is 0.500. The molecule has 1 saturated heterocycles. The molecule has 0 aromatic heterocycles. The van der Waals surface area contributed by atoms with Gasteiger partial charge in [-0.25, -0.2) is 0 Å². The SMILES string of the molecule is OC[C@@H]1O[C@H](Sc2ccccc2)[C@@H](O)[C@H](O)[C@@H]1O. The van der Waals surface area contributed by atoms with E-state index in [1.54, 1.807) is 0 Å². The Bertz CT molecular complexity index is 372. The number of thioether (sulfide) groups is 1. The van der Waals surface area contributed by atoms with Crippen LogP contribution >= 0.6 is 11.8 Å². The predicted octanol–water partition coefficient (Wildman–Crippen LogP) is -0.421. The standard InChI is InChI=1S/C12H16O5S/c13-6-8-9(14)10(15)11(16)12(17-8)18-7-4-2-1-3-5-7/h1-5,8-16H,6H2/t8-,9+,10+,11-,12+/m0/s1. The molecule has 1 aliphatic heterocycles. The molecular formula is C12H16O5S. The van der Waals surface area contributed by atoms with Crippen LogP contribution in [0.15, 0.2) is 35.2 Å². The van der Waals surface area contributed by atoms with Gasteiger partial charge in [-0.05, 0) is 12.1 Å². The zero-order valence-electron chi connectivity index (χ0n) is 9.59. The second-order valence-electron chi connectivity index (χ2n) is 4.13. The summed E-state index contributed by atoms with van der Waals surface area (Å²) in [5.74, 6) is 0. The van der Waals surface area contributed by atoms with Gasteiger partial charge in [0.2, 0.25) is 0 Å². The summed E-state index contributed by atoms with van der Waals surface area (Å²) in [4.78, 5) is 0.877. The fourth-order valence-corrected chi connectivity index (χ4v) is 2.88. The quantitative estimate of drug-likeness (QED) is 0.597. The second-order valence-corrected chi connectivity index (χ2v) is 5.30. The Morgan fingerprint density at radius 2 is 1.67 bits per heavy atom. The van der Waals surface area contributed by atoms with Crippen molar-refractivity contribution in [1.29, 1.82) is 0 Å². The topological polar surface area (TPSA) is 90.2 Å². The van der Waals surface area contributed by atoms with Gasteiger partial charge in [-0.3, -0.25) is 0 Å². The van der Waals surface area contributed by atoms with E-state index in [4.69, 9.17) is 9.84 Å². The third-order valence-electron chi connectivity index (χ3n) is 2.84. The number of hydrogen-bond donors (Lipinski definition) is 4. The molecule has 1 aliphatic rings. The molecule has 0 amide bonds. The van der Waals surface area contributed by atoms with Crippen LogP contribution in [0.4, 0.5) is 0 Å². The van der Waals surface area contributed by atoms with Gasteiger partial charge < -0.3 is 25.2 Å². The highest BCUT2D eigenvalue weighted by molar-refractivity contribution is 7.99. The van der Waals surface area contributed by atoms with Crippen LogP contribution < -0.4 is 0 Å². The van der Waals surface area contributed by atoms with E-state index >= 15 is 0 Å². The largest absolute Gasteiger partial charge is 0.394 e. The van der Waals surface area contributed by atoms with E-state index in [2.05, 4.69) is 0 Å². The third kappa shape index (κ3) is 2.85. The zero-order chi connectivity index (χ0) is 13.1. The van der Waals surface area contributed by atoms with Crippen LogP contribution in [0.5, 0.6) is 0 Å². The predicted molar refractivity (Wildman–Crippen MR) is 66.1 cm³/mol. The van der Waals surface area contributed by atoms with Gasteiger partial charge >= 0.3 is 0 Å². The maximum absolute atomic E-state index is 9.85. The number of aliphatic hydroxyl groups excluding tert-OH is 4. The Labute approximate surface area is 109 Å². The Morgan fingerprint density at radius 3 is 2.28 bits per heavy atom. The van der Waals surface area contributed by atoms with Crippen molar-refractivity contribution in [2.24, 2.45) is 0 Å². The van der Waals surface area contributed by atoms with Gasteiger partial charge in [0.05, 0.1) is 6.61 Å².